The number of phenolic OH excluding ortho intramolecular Hbond substituents is 1. The van der Waals surface area contributed by atoms with E-state index in [0.717, 1.165) is 6.21 Å². The molecule has 16 heavy (non-hydrogen) atoms. The Morgan fingerprint density at radius 1 is 1.62 bits per heavy atom. The minimum Gasteiger partial charge on any atom is -0.504 e. The number of phenols is 1. The Morgan fingerprint density at radius 3 is 2.81 bits per heavy atom. The van der Waals surface area contributed by atoms with Gasteiger partial charge in [-0.15, -0.1) is 0 Å². The van der Waals surface area contributed by atoms with Crippen molar-refractivity contribution in [1.82, 2.24) is 0 Å². The first kappa shape index (κ1) is 11.8. The number of rotatable bonds is 4. The van der Waals surface area contributed by atoms with Crippen LogP contribution in [0.5, 0.6) is 11.5 Å². The van der Waals surface area contributed by atoms with Gasteiger partial charge in [0.15, 0.2) is 5.75 Å². The zero-order valence-corrected chi connectivity index (χ0v) is 8.45. The van der Waals surface area contributed by atoms with E-state index >= 15 is 0 Å². The molecule has 0 aliphatic carbocycles. The van der Waals surface area contributed by atoms with Crippen LogP contribution in [-0.4, -0.2) is 28.1 Å². The Bertz CT molecular complexity index is 430. The SMILES string of the molecule is CCOc1c(O)ccc(/C=N\O)c1[N+](=O)[O-]. The van der Waals surface area contributed by atoms with Crippen molar-refractivity contribution < 1.29 is 20.0 Å². The first-order valence-electron chi connectivity index (χ1n) is 4.42. The average molecular weight is 226 g/mol. The van der Waals surface area contributed by atoms with Crippen LogP contribution >= 0.6 is 0 Å². The molecule has 0 aliphatic rings. The fourth-order valence-electron chi connectivity index (χ4n) is 1.22. The third-order valence-corrected chi connectivity index (χ3v) is 1.81. The number of ether oxygens (including phenoxy) is 1. The Kier molecular flexibility index (Phi) is 3.65. The van der Waals surface area contributed by atoms with Gasteiger partial charge in [-0.1, -0.05) is 5.16 Å². The van der Waals surface area contributed by atoms with Crippen LogP contribution in [0.15, 0.2) is 17.3 Å². The lowest BCUT2D eigenvalue weighted by molar-refractivity contribution is -0.386. The molecule has 0 heterocycles. The number of oxime groups is 1. The Labute approximate surface area is 90.7 Å². The van der Waals surface area contributed by atoms with Gasteiger partial charge < -0.3 is 15.1 Å². The highest BCUT2D eigenvalue weighted by atomic mass is 16.6. The summed E-state index contributed by atoms with van der Waals surface area (Å²) in [6.07, 6.45) is 0.903. The third-order valence-electron chi connectivity index (χ3n) is 1.81. The highest BCUT2D eigenvalue weighted by Gasteiger charge is 2.23. The van der Waals surface area contributed by atoms with E-state index in [2.05, 4.69) is 5.16 Å². The van der Waals surface area contributed by atoms with E-state index in [-0.39, 0.29) is 23.7 Å². The van der Waals surface area contributed by atoms with Gasteiger partial charge >= 0.3 is 5.69 Å². The Hall–Kier alpha value is -2.31. The predicted octanol–water partition coefficient (Wildman–Crippen LogP) is 1.51. The smallest absolute Gasteiger partial charge is 0.323 e. The lowest BCUT2D eigenvalue weighted by atomic mass is 10.1. The van der Waals surface area contributed by atoms with Gasteiger partial charge in [-0.3, -0.25) is 10.1 Å². The first-order valence-corrected chi connectivity index (χ1v) is 4.42. The number of nitro groups is 1. The van der Waals surface area contributed by atoms with Crippen molar-refractivity contribution in [2.45, 2.75) is 6.92 Å². The van der Waals surface area contributed by atoms with Crippen molar-refractivity contribution >= 4 is 11.9 Å². The second-order valence-electron chi connectivity index (χ2n) is 2.79. The van der Waals surface area contributed by atoms with Crippen molar-refractivity contribution in [3.05, 3.63) is 27.8 Å². The largest absolute Gasteiger partial charge is 0.504 e. The minimum absolute atomic E-state index is 0.0498. The molecule has 7 nitrogen and oxygen atoms in total. The fraction of sp³-hybridized carbons (Fsp3) is 0.222. The second-order valence-corrected chi connectivity index (χ2v) is 2.79. The normalized spacial score (nSPS) is 10.6. The molecule has 1 aromatic rings. The molecule has 1 rings (SSSR count). The van der Waals surface area contributed by atoms with Gasteiger partial charge in [0.05, 0.1) is 23.3 Å². The van der Waals surface area contributed by atoms with Crippen molar-refractivity contribution in [2.75, 3.05) is 6.61 Å². The molecule has 86 valence electrons. The summed E-state index contributed by atoms with van der Waals surface area (Å²) >= 11 is 0. The molecule has 0 saturated heterocycles. The molecule has 0 atom stereocenters. The van der Waals surface area contributed by atoms with Crippen LogP contribution in [0.1, 0.15) is 12.5 Å². The maximum absolute atomic E-state index is 10.8. The summed E-state index contributed by atoms with van der Waals surface area (Å²) in [4.78, 5) is 10.1. The van der Waals surface area contributed by atoms with Crippen LogP contribution < -0.4 is 4.74 Å². The summed E-state index contributed by atoms with van der Waals surface area (Å²) in [6.45, 7) is 1.81. The van der Waals surface area contributed by atoms with E-state index in [0.29, 0.717) is 0 Å². The molecule has 2 N–H and O–H groups in total. The maximum Gasteiger partial charge on any atom is 0.323 e. The van der Waals surface area contributed by atoms with Crippen LogP contribution in [0, 0.1) is 10.1 Å². The fourth-order valence-corrected chi connectivity index (χ4v) is 1.22. The molecule has 0 spiro atoms. The maximum atomic E-state index is 10.8. The molecule has 0 aromatic heterocycles. The lowest BCUT2D eigenvalue weighted by Gasteiger charge is -2.07. The van der Waals surface area contributed by atoms with E-state index in [4.69, 9.17) is 9.94 Å². The van der Waals surface area contributed by atoms with Gasteiger partial charge in [0.1, 0.15) is 0 Å². The standard InChI is InChI=1S/C9H10N2O5/c1-2-16-9-7(12)4-3-6(5-10-13)8(9)11(14)15/h3-5,12-13H,2H2,1H3/b10-5-. The number of benzene rings is 1. The quantitative estimate of drug-likeness (QED) is 0.350. The van der Waals surface area contributed by atoms with E-state index in [1.165, 1.54) is 12.1 Å². The molecular weight excluding hydrogens is 216 g/mol. The van der Waals surface area contributed by atoms with E-state index in [1.54, 1.807) is 6.92 Å². The highest BCUT2D eigenvalue weighted by Crippen LogP contribution is 2.38. The summed E-state index contributed by atoms with van der Waals surface area (Å²) in [5.41, 5.74) is -0.381. The first-order chi connectivity index (χ1) is 7.61. The molecule has 0 aliphatic heterocycles. The summed E-state index contributed by atoms with van der Waals surface area (Å²) in [6, 6.07) is 2.49. The number of hydrogen-bond donors (Lipinski definition) is 2. The molecule has 0 bridgehead atoms. The number of nitro benzene ring substituents is 1. The van der Waals surface area contributed by atoms with Crippen LogP contribution in [0.4, 0.5) is 5.69 Å². The number of aromatic hydroxyl groups is 1. The lowest BCUT2D eigenvalue weighted by Crippen LogP contribution is -2.01. The monoisotopic (exact) mass is 226 g/mol. The number of hydrogen-bond acceptors (Lipinski definition) is 6. The number of nitrogens with zero attached hydrogens (tertiary/aromatic N) is 2. The molecule has 0 saturated carbocycles. The van der Waals surface area contributed by atoms with E-state index in [9.17, 15) is 15.2 Å². The molecule has 0 radical (unpaired) electrons. The van der Waals surface area contributed by atoms with Crippen molar-refractivity contribution in [3.63, 3.8) is 0 Å². The minimum atomic E-state index is -0.707. The van der Waals surface area contributed by atoms with Crippen molar-refractivity contribution in [2.24, 2.45) is 5.16 Å². The second kappa shape index (κ2) is 4.96. The van der Waals surface area contributed by atoms with E-state index in [1.807, 2.05) is 0 Å². The Morgan fingerprint density at radius 2 is 2.31 bits per heavy atom. The zero-order chi connectivity index (χ0) is 12.1. The van der Waals surface area contributed by atoms with Gasteiger partial charge in [0.2, 0.25) is 5.75 Å². The third kappa shape index (κ3) is 2.19. The summed E-state index contributed by atoms with van der Waals surface area (Å²) < 4.78 is 4.98. The van der Waals surface area contributed by atoms with Crippen molar-refractivity contribution in [3.8, 4) is 11.5 Å². The highest BCUT2D eigenvalue weighted by molar-refractivity contribution is 5.87. The van der Waals surface area contributed by atoms with Gasteiger partial charge in [-0.25, -0.2) is 0 Å². The van der Waals surface area contributed by atoms with E-state index < -0.39 is 10.6 Å². The molecule has 0 fully saturated rings. The van der Waals surface area contributed by atoms with Gasteiger partial charge in [0.25, 0.3) is 0 Å². The molecular formula is C9H10N2O5. The van der Waals surface area contributed by atoms with Crippen LogP contribution in [0.2, 0.25) is 0 Å². The zero-order valence-electron chi connectivity index (χ0n) is 8.45. The predicted molar refractivity (Wildman–Crippen MR) is 55.3 cm³/mol. The Balaban J connectivity index is 3.43. The van der Waals surface area contributed by atoms with Gasteiger partial charge in [-0.05, 0) is 19.1 Å². The topological polar surface area (TPSA) is 105 Å². The van der Waals surface area contributed by atoms with Crippen LogP contribution in [0.3, 0.4) is 0 Å². The average Bonchev–Trinajstić information content (AvgIpc) is 2.23. The molecule has 7 heteroatoms. The summed E-state index contributed by atoms with van der Waals surface area (Å²) in [5.74, 6) is -0.562. The summed E-state index contributed by atoms with van der Waals surface area (Å²) in [5, 5.41) is 31.3. The molecule has 1 aromatic carbocycles. The van der Waals surface area contributed by atoms with Crippen LogP contribution in [0.25, 0.3) is 0 Å². The van der Waals surface area contributed by atoms with Gasteiger partial charge in [0, 0.05) is 0 Å². The summed E-state index contributed by atoms with van der Waals surface area (Å²) in [7, 11) is 0. The molecule has 0 amide bonds. The molecule has 0 unspecified atom stereocenters. The van der Waals surface area contributed by atoms with Crippen molar-refractivity contribution in [1.29, 1.82) is 0 Å². The van der Waals surface area contributed by atoms with Crippen LogP contribution in [-0.2, 0) is 0 Å². The van der Waals surface area contributed by atoms with Gasteiger partial charge in [-0.2, -0.15) is 0 Å².